The van der Waals surface area contributed by atoms with Crippen LogP contribution in [0, 0.1) is 0 Å². The molecule has 0 unspecified atom stereocenters. The fourth-order valence-electron chi connectivity index (χ4n) is 1.89. The van der Waals surface area contributed by atoms with Crippen molar-refractivity contribution in [3.05, 3.63) is 29.8 Å². The van der Waals surface area contributed by atoms with E-state index in [1.807, 2.05) is 43.1 Å². The highest BCUT2D eigenvalue weighted by molar-refractivity contribution is 5.77. The lowest BCUT2D eigenvalue weighted by molar-refractivity contribution is -0.121. The van der Waals surface area contributed by atoms with Crippen LogP contribution < -0.4 is 15.8 Å². The van der Waals surface area contributed by atoms with Gasteiger partial charge in [-0.25, -0.2) is 0 Å². The third kappa shape index (κ3) is 7.68. The second kappa shape index (κ2) is 10.2. The van der Waals surface area contributed by atoms with Gasteiger partial charge in [-0.3, -0.25) is 9.69 Å². The highest BCUT2D eigenvalue weighted by Crippen LogP contribution is 2.11. The third-order valence-corrected chi connectivity index (χ3v) is 3.10. The number of amides is 1. The zero-order chi connectivity index (χ0) is 15.5. The van der Waals surface area contributed by atoms with Crippen LogP contribution in [-0.2, 0) is 11.3 Å². The molecule has 0 saturated carbocycles. The highest BCUT2D eigenvalue weighted by Gasteiger charge is 2.05. The second-order valence-electron chi connectivity index (χ2n) is 5.14. The summed E-state index contributed by atoms with van der Waals surface area (Å²) in [5.74, 6) is 0.938. The molecule has 21 heavy (non-hydrogen) atoms. The van der Waals surface area contributed by atoms with Crippen molar-refractivity contribution in [2.45, 2.75) is 26.3 Å². The van der Waals surface area contributed by atoms with Crippen LogP contribution in [0.3, 0.4) is 0 Å². The lowest BCUT2D eigenvalue weighted by Crippen LogP contribution is -2.36. The van der Waals surface area contributed by atoms with Crippen LogP contribution in [0.15, 0.2) is 24.3 Å². The van der Waals surface area contributed by atoms with E-state index < -0.39 is 0 Å². The molecule has 1 aromatic rings. The number of carbonyl (C=O) groups excluding carboxylic acids is 1. The number of hydrogen-bond donors (Lipinski definition) is 2. The standard InChI is InChI=1S/C16H27N3O2/c1-3-9-18-16(20)13-19(2)10-4-11-21-15-7-5-14(12-17)6-8-15/h5-8H,3-4,9-13,17H2,1-2H3,(H,18,20). The zero-order valence-electron chi connectivity index (χ0n) is 13.1. The summed E-state index contributed by atoms with van der Waals surface area (Å²) in [6.45, 7) is 5.25. The molecule has 1 rings (SSSR count). The molecule has 0 aliphatic carbocycles. The van der Waals surface area contributed by atoms with E-state index in [1.165, 1.54) is 0 Å². The van der Waals surface area contributed by atoms with Gasteiger partial charge in [-0.15, -0.1) is 0 Å². The number of nitrogens with zero attached hydrogens (tertiary/aromatic N) is 1. The van der Waals surface area contributed by atoms with Crippen LogP contribution in [0.1, 0.15) is 25.3 Å². The minimum absolute atomic E-state index is 0.0811. The predicted octanol–water partition coefficient (Wildman–Crippen LogP) is 1.37. The van der Waals surface area contributed by atoms with E-state index in [1.54, 1.807) is 0 Å². The number of benzene rings is 1. The van der Waals surface area contributed by atoms with E-state index in [0.29, 0.717) is 19.7 Å². The van der Waals surface area contributed by atoms with Gasteiger partial charge in [-0.05, 0) is 37.6 Å². The Balaban J connectivity index is 2.13. The van der Waals surface area contributed by atoms with E-state index in [-0.39, 0.29) is 5.91 Å². The zero-order valence-corrected chi connectivity index (χ0v) is 13.1. The molecule has 3 N–H and O–H groups in total. The predicted molar refractivity (Wildman–Crippen MR) is 85.2 cm³/mol. The molecule has 0 bridgehead atoms. The molecule has 0 saturated heterocycles. The van der Waals surface area contributed by atoms with Crippen LogP contribution in [0.4, 0.5) is 0 Å². The first kappa shape index (κ1) is 17.5. The molecule has 0 aliphatic rings. The van der Waals surface area contributed by atoms with Gasteiger partial charge >= 0.3 is 0 Å². The molecule has 118 valence electrons. The van der Waals surface area contributed by atoms with Crippen LogP contribution in [-0.4, -0.2) is 44.1 Å². The van der Waals surface area contributed by atoms with Gasteiger partial charge in [-0.2, -0.15) is 0 Å². The van der Waals surface area contributed by atoms with Gasteiger partial charge in [0.05, 0.1) is 13.2 Å². The first-order valence-corrected chi connectivity index (χ1v) is 7.52. The molecule has 0 spiro atoms. The Morgan fingerprint density at radius 3 is 2.67 bits per heavy atom. The van der Waals surface area contributed by atoms with Crippen LogP contribution in [0.2, 0.25) is 0 Å². The first-order chi connectivity index (χ1) is 10.2. The SMILES string of the molecule is CCCNC(=O)CN(C)CCCOc1ccc(CN)cc1. The van der Waals surface area contributed by atoms with Crippen molar-refractivity contribution < 1.29 is 9.53 Å². The average molecular weight is 293 g/mol. The monoisotopic (exact) mass is 293 g/mol. The van der Waals surface area contributed by atoms with Crippen molar-refractivity contribution in [3.63, 3.8) is 0 Å². The molecule has 0 heterocycles. The molecular weight excluding hydrogens is 266 g/mol. The average Bonchev–Trinajstić information content (AvgIpc) is 2.50. The van der Waals surface area contributed by atoms with Crippen molar-refractivity contribution in [2.24, 2.45) is 5.73 Å². The van der Waals surface area contributed by atoms with Gasteiger partial charge in [0.2, 0.25) is 5.91 Å². The van der Waals surface area contributed by atoms with Crippen molar-refractivity contribution >= 4 is 5.91 Å². The van der Waals surface area contributed by atoms with Gasteiger partial charge in [-0.1, -0.05) is 19.1 Å². The maximum Gasteiger partial charge on any atom is 0.234 e. The number of likely N-dealkylation sites (N-methyl/N-ethyl adjacent to an activating group) is 1. The smallest absolute Gasteiger partial charge is 0.234 e. The molecule has 0 fully saturated rings. The van der Waals surface area contributed by atoms with E-state index in [9.17, 15) is 4.79 Å². The maximum atomic E-state index is 11.5. The number of nitrogens with two attached hydrogens (primary N) is 1. The summed E-state index contributed by atoms with van der Waals surface area (Å²) in [7, 11) is 1.95. The van der Waals surface area contributed by atoms with Gasteiger partial charge in [0.15, 0.2) is 0 Å². The van der Waals surface area contributed by atoms with Gasteiger partial charge in [0.1, 0.15) is 5.75 Å². The number of ether oxygens (including phenoxy) is 1. The molecule has 5 heteroatoms. The first-order valence-electron chi connectivity index (χ1n) is 7.52. The summed E-state index contributed by atoms with van der Waals surface area (Å²) in [6.07, 6.45) is 1.85. The Hall–Kier alpha value is -1.59. The normalized spacial score (nSPS) is 10.7. The molecular formula is C16H27N3O2. The third-order valence-electron chi connectivity index (χ3n) is 3.10. The summed E-state index contributed by atoms with van der Waals surface area (Å²) < 4.78 is 5.66. The van der Waals surface area contributed by atoms with E-state index >= 15 is 0 Å². The molecule has 5 nitrogen and oxygen atoms in total. The number of nitrogens with one attached hydrogen (secondary N) is 1. The van der Waals surface area contributed by atoms with Crippen molar-refractivity contribution in [1.29, 1.82) is 0 Å². The van der Waals surface area contributed by atoms with E-state index in [0.717, 1.165) is 37.2 Å². The van der Waals surface area contributed by atoms with Crippen LogP contribution in [0.5, 0.6) is 5.75 Å². The quantitative estimate of drug-likeness (QED) is 0.639. The lowest BCUT2D eigenvalue weighted by atomic mass is 10.2. The van der Waals surface area contributed by atoms with Crippen LogP contribution in [0.25, 0.3) is 0 Å². The van der Waals surface area contributed by atoms with E-state index in [4.69, 9.17) is 10.5 Å². The van der Waals surface area contributed by atoms with Gasteiger partial charge in [0.25, 0.3) is 0 Å². The van der Waals surface area contributed by atoms with Gasteiger partial charge in [0, 0.05) is 19.6 Å². The summed E-state index contributed by atoms with van der Waals surface area (Å²) in [4.78, 5) is 13.5. The summed E-state index contributed by atoms with van der Waals surface area (Å²) >= 11 is 0. The minimum Gasteiger partial charge on any atom is -0.494 e. The Morgan fingerprint density at radius 1 is 1.33 bits per heavy atom. The molecule has 0 aromatic heterocycles. The Labute approximate surface area is 127 Å². The number of carbonyl (C=O) groups is 1. The molecule has 0 atom stereocenters. The minimum atomic E-state index is 0.0811. The molecule has 0 radical (unpaired) electrons. The molecule has 1 aromatic carbocycles. The van der Waals surface area contributed by atoms with Crippen molar-refractivity contribution in [3.8, 4) is 5.75 Å². The highest BCUT2D eigenvalue weighted by atomic mass is 16.5. The lowest BCUT2D eigenvalue weighted by Gasteiger charge is -2.16. The van der Waals surface area contributed by atoms with Crippen molar-refractivity contribution in [2.75, 3.05) is 33.3 Å². The summed E-state index contributed by atoms with van der Waals surface area (Å²) in [5, 5.41) is 2.87. The van der Waals surface area contributed by atoms with Crippen LogP contribution >= 0.6 is 0 Å². The second-order valence-corrected chi connectivity index (χ2v) is 5.14. The Morgan fingerprint density at radius 2 is 2.05 bits per heavy atom. The maximum absolute atomic E-state index is 11.5. The number of rotatable bonds is 10. The molecule has 1 amide bonds. The van der Waals surface area contributed by atoms with Crippen molar-refractivity contribution in [1.82, 2.24) is 10.2 Å². The molecule has 0 aliphatic heterocycles. The number of hydrogen-bond acceptors (Lipinski definition) is 4. The fourth-order valence-corrected chi connectivity index (χ4v) is 1.89. The summed E-state index contributed by atoms with van der Waals surface area (Å²) in [5.41, 5.74) is 6.64. The van der Waals surface area contributed by atoms with Gasteiger partial charge < -0.3 is 15.8 Å². The topological polar surface area (TPSA) is 67.6 Å². The Kier molecular flexibility index (Phi) is 8.47. The van der Waals surface area contributed by atoms with E-state index in [2.05, 4.69) is 5.32 Å². The Bertz CT molecular complexity index is 406. The largest absolute Gasteiger partial charge is 0.494 e. The summed E-state index contributed by atoms with van der Waals surface area (Å²) in [6, 6.07) is 7.81. The fraction of sp³-hybridized carbons (Fsp3) is 0.562.